The van der Waals surface area contributed by atoms with Gasteiger partial charge in [-0.3, -0.25) is 9.59 Å². The number of carbonyl (C=O) groups is 2. The van der Waals surface area contributed by atoms with E-state index in [1.54, 1.807) is 6.08 Å². The van der Waals surface area contributed by atoms with Gasteiger partial charge in [0.15, 0.2) is 0 Å². The maximum absolute atomic E-state index is 11.5. The summed E-state index contributed by atoms with van der Waals surface area (Å²) in [6.45, 7) is 20.5. The van der Waals surface area contributed by atoms with Crippen molar-refractivity contribution in [3.63, 3.8) is 0 Å². The van der Waals surface area contributed by atoms with E-state index in [9.17, 15) is 19.8 Å². The first-order chi connectivity index (χ1) is 21.0. The fraction of sp³-hybridized carbons (Fsp3) is 0.229. The molecule has 3 aromatic heterocycles. The number of hydrogen-bond acceptors (Lipinski definition) is 4. The molecule has 45 heavy (non-hydrogen) atoms. The number of aromatic nitrogens is 4. The Kier molecular flexibility index (Phi) is 11.1. The molecule has 2 aliphatic heterocycles. The zero-order valence-corrected chi connectivity index (χ0v) is 26.7. The predicted octanol–water partition coefficient (Wildman–Crippen LogP) is 7.46. The first-order valence-corrected chi connectivity index (χ1v) is 14.1. The van der Waals surface area contributed by atoms with Crippen LogP contribution in [0.1, 0.15) is 78.1 Å². The minimum atomic E-state index is -0.883. The summed E-state index contributed by atoms with van der Waals surface area (Å²) in [5.74, 6) is -1.76. The Morgan fingerprint density at radius 3 is 1.89 bits per heavy atom. The minimum absolute atomic E-state index is 0. The second kappa shape index (κ2) is 14.4. The van der Waals surface area contributed by atoms with Crippen molar-refractivity contribution in [1.82, 2.24) is 19.9 Å². The molecule has 0 radical (unpaired) electrons. The van der Waals surface area contributed by atoms with Gasteiger partial charge in [-0.15, -0.1) is 0 Å². The average molecular weight is 647 g/mol. The van der Waals surface area contributed by atoms with Gasteiger partial charge in [-0.05, 0) is 98.2 Å². The SMILES string of the molecule is C=CC1=C(C)c2cc3[nH]c(cc4nc(cc5[nH]c(cc1n2)c(C)c5CCC(=O)O)C(CCC(=O)O)=C4C)c(C)c3C=C.[C-]#[O+].[Fe+2]. The molecule has 0 aromatic carbocycles. The summed E-state index contributed by atoms with van der Waals surface area (Å²) in [7, 11) is 0. The van der Waals surface area contributed by atoms with Crippen molar-refractivity contribution in [3.8, 4) is 0 Å². The number of nitrogens with zero attached hydrogens (tertiary/aromatic N) is 2. The smallest absolute Gasteiger partial charge is 2.00 e. The third-order valence-electron chi connectivity index (χ3n) is 8.22. The summed E-state index contributed by atoms with van der Waals surface area (Å²) in [5.41, 5.74) is 13.7. The number of carboxylic acid groups (broad SMARTS) is 2. The van der Waals surface area contributed by atoms with Crippen molar-refractivity contribution in [2.75, 3.05) is 0 Å². The molecule has 230 valence electrons. The van der Waals surface area contributed by atoms with E-state index < -0.39 is 11.9 Å². The van der Waals surface area contributed by atoms with Crippen LogP contribution in [0.15, 0.2) is 43.5 Å². The number of hydrogen-bond donors (Lipinski definition) is 4. The molecule has 10 heteroatoms. The van der Waals surface area contributed by atoms with Gasteiger partial charge in [0.1, 0.15) is 0 Å². The minimum Gasteiger partial charge on any atom is 2.00 e. The number of nitrogens with one attached hydrogen (secondary N) is 2. The Bertz CT molecular complexity index is 1970. The number of aromatic amines is 2. The van der Waals surface area contributed by atoms with Gasteiger partial charge in [-0.1, -0.05) is 25.3 Å². The van der Waals surface area contributed by atoms with E-state index in [0.29, 0.717) is 18.5 Å². The first-order valence-electron chi connectivity index (χ1n) is 14.1. The largest absolute Gasteiger partial charge is 2.00 e. The van der Waals surface area contributed by atoms with Crippen LogP contribution in [-0.4, -0.2) is 42.1 Å². The number of aryl methyl sites for hydroxylation is 3. The number of H-pyrrole nitrogens is 2. The van der Waals surface area contributed by atoms with Crippen LogP contribution in [0, 0.1) is 20.5 Å². The van der Waals surface area contributed by atoms with Gasteiger partial charge in [-0.2, -0.15) is 0 Å². The Morgan fingerprint density at radius 1 is 0.756 bits per heavy atom. The van der Waals surface area contributed by atoms with Crippen molar-refractivity contribution < 1.29 is 41.5 Å². The molecule has 0 spiro atoms. The second-order valence-corrected chi connectivity index (χ2v) is 10.7. The van der Waals surface area contributed by atoms with Crippen LogP contribution in [0.2, 0.25) is 0 Å². The van der Waals surface area contributed by atoms with Crippen LogP contribution in [0.5, 0.6) is 0 Å². The fourth-order valence-corrected chi connectivity index (χ4v) is 5.77. The molecule has 5 rings (SSSR count). The summed E-state index contributed by atoms with van der Waals surface area (Å²) in [5, 5.41) is 18.9. The number of fused-ring (bicyclic) bond motifs is 8. The number of carboxylic acids is 2. The van der Waals surface area contributed by atoms with Crippen LogP contribution >= 0.6 is 0 Å². The fourth-order valence-electron chi connectivity index (χ4n) is 5.77. The van der Waals surface area contributed by atoms with Gasteiger partial charge in [0, 0.05) is 46.0 Å². The van der Waals surface area contributed by atoms with E-state index in [1.165, 1.54) is 0 Å². The summed E-state index contributed by atoms with van der Waals surface area (Å²) < 4.78 is 7.50. The zero-order chi connectivity index (χ0) is 32.3. The van der Waals surface area contributed by atoms with Crippen LogP contribution < -0.4 is 0 Å². The molecule has 4 N–H and O–H groups in total. The molecular weight excluding hydrogens is 612 g/mol. The van der Waals surface area contributed by atoms with Crippen molar-refractivity contribution in [2.24, 2.45) is 0 Å². The molecular formula is C35H34FeN4O5+2. The number of aliphatic carboxylic acids is 2. The molecule has 9 nitrogen and oxygen atoms in total. The molecule has 0 unspecified atom stereocenters. The van der Waals surface area contributed by atoms with Gasteiger partial charge in [0.05, 0.1) is 22.8 Å². The summed E-state index contributed by atoms with van der Waals surface area (Å²) in [6.07, 6.45) is 4.22. The van der Waals surface area contributed by atoms with Gasteiger partial charge in [-0.25, -0.2) is 9.97 Å². The number of rotatable bonds is 8. The molecule has 0 aliphatic carbocycles. The average Bonchev–Trinajstić information content (AvgIpc) is 3.64. The molecule has 0 fully saturated rings. The van der Waals surface area contributed by atoms with Gasteiger partial charge in [0.25, 0.3) is 0 Å². The maximum Gasteiger partial charge on any atom is 2.00 e. The van der Waals surface area contributed by atoms with Crippen molar-refractivity contribution >= 4 is 62.4 Å². The molecule has 3 aromatic rings. The number of allylic oxidation sites excluding steroid dienone is 5. The molecule has 2 aliphatic rings. The second-order valence-electron chi connectivity index (χ2n) is 10.7. The van der Waals surface area contributed by atoms with E-state index >= 15 is 0 Å². The van der Waals surface area contributed by atoms with E-state index in [-0.39, 0.29) is 29.9 Å². The standard InChI is InChI=1S/C34H34N4O4.CO.Fe/c1-7-21-17(3)25-13-26-19(5)23(9-11-33(39)40)31(37-26)16-32-24(10-12-34(41)42)20(6)28(38-32)15-30-22(8-2)18(4)27(36-30)14-29(21)35-25;1-2;/h7-8,13-16,35,38H,1-2,9-12H2,3-6H3,(H,39,40)(H,41,42);;/q;;+2. The molecule has 0 saturated heterocycles. The maximum atomic E-state index is 11.5. The van der Waals surface area contributed by atoms with Crippen molar-refractivity contribution in [2.45, 2.75) is 53.4 Å². The topological polar surface area (TPSA) is 152 Å². The van der Waals surface area contributed by atoms with Gasteiger partial charge in [0.2, 0.25) is 0 Å². The Balaban J connectivity index is 0.00000180. The van der Waals surface area contributed by atoms with E-state index in [4.69, 9.17) is 14.6 Å². The monoisotopic (exact) mass is 646 g/mol. The summed E-state index contributed by atoms with van der Waals surface area (Å²) >= 11 is 0. The summed E-state index contributed by atoms with van der Waals surface area (Å²) in [4.78, 5) is 40.0. The predicted molar refractivity (Wildman–Crippen MR) is 172 cm³/mol. The molecule has 8 bridgehead atoms. The quantitative estimate of drug-likeness (QED) is 0.113. The molecule has 0 saturated carbocycles. The van der Waals surface area contributed by atoms with Gasteiger partial charge < -0.3 is 20.2 Å². The van der Waals surface area contributed by atoms with E-state index in [2.05, 4.69) is 29.8 Å². The van der Waals surface area contributed by atoms with E-state index in [0.717, 1.165) is 83.7 Å². The first kappa shape index (κ1) is 34.8. The van der Waals surface area contributed by atoms with Crippen LogP contribution in [0.25, 0.3) is 50.4 Å². The Morgan fingerprint density at radius 2 is 1.27 bits per heavy atom. The zero-order valence-electron chi connectivity index (χ0n) is 25.6. The van der Waals surface area contributed by atoms with Crippen LogP contribution in [-0.2, 0) is 37.7 Å². The van der Waals surface area contributed by atoms with Crippen molar-refractivity contribution in [3.05, 3.63) is 95.2 Å². The normalized spacial score (nSPS) is 12.2. The molecule has 0 amide bonds. The third-order valence-corrected chi connectivity index (χ3v) is 8.22. The van der Waals surface area contributed by atoms with Crippen LogP contribution in [0.3, 0.4) is 0 Å². The summed E-state index contributed by atoms with van der Waals surface area (Å²) in [6, 6.07) is 7.88. The van der Waals surface area contributed by atoms with Crippen molar-refractivity contribution in [1.29, 1.82) is 0 Å². The Hall–Kier alpha value is -4.72. The molecule has 0 atom stereocenters. The van der Waals surface area contributed by atoms with E-state index in [1.807, 2.05) is 58.0 Å². The van der Waals surface area contributed by atoms with Crippen LogP contribution in [0.4, 0.5) is 0 Å². The third kappa shape index (κ3) is 6.85. The Labute approximate surface area is 271 Å². The van der Waals surface area contributed by atoms with Gasteiger partial charge >= 0.3 is 40.3 Å². The molecule has 5 heterocycles.